The van der Waals surface area contributed by atoms with Crippen molar-refractivity contribution in [1.82, 2.24) is 10.6 Å². The predicted octanol–water partition coefficient (Wildman–Crippen LogP) is 1.75. The van der Waals surface area contributed by atoms with Crippen LogP contribution < -0.4 is 10.6 Å². The zero-order chi connectivity index (χ0) is 12.7. The maximum atomic E-state index is 11.6. The largest absolute Gasteiger partial charge is 0.396 e. The Hall–Kier alpha value is -1.07. The van der Waals surface area contributed by atoms with Crippen molar-refractivity contribution in [3.05, 3.63) is 22.4 Å². The molecule has 1 rings (SSSR count). The van der Waals surface area contributed by atoms with E-state index in [0.717, 1.165) is 6.42 Å². The lowest BCUT2D eigenvalue weighted by molar-refractivity contribution is 0.228. The van der Waals surface area contributed by atoms with Crippen molar-refractivity contribution in [2.75, 3.05) is 6.61 Å². The molecule has 0 bridgehead atoms. The van der Waals surface area contributed by atoms with Crippen molar-refractivity contribution in [3.8, 4) is 0 Å². The van der Waals surface area contributed by atoms with E-state index in [9.17, 15) is 4.79 Å². The van der Waals surface area contributed by atoms with Gasteiger partial charge in [-0.1, -0.05) is 6.07 Å². The summed E-state index contributed by atoms with van der Waals surface area (Å²) in [5, 5.41) is 16.4. The minimum absolute atomic E-state index is 0.00561. The van der Waals surface area contributed by atoms with Gasteiger partial charge in [-0.05, 0) is 31.7 Å². The Morgan fingerprint density at radius 2 is 2.12 bits per heavy atom. The SMILES string of the molecule is CC(Cc1cccs1)NC(=O)N[C@H](C)CCO. The molecule has 0 spiro atoms. The Morgan fingerprint density at radius 3 is 2.71 bits per heavy atom. The van der Waals surface area contributed by atoms with Gasteiger partial charge < -0.3 is 15.7 Å². The smallest absolute Gasteiger partial charge is 0.315 e. The molecule has 4 nitrogen and oxygen atoms in total. The zero-order valence-corrected chi connectivity index (χ0v) is 11.1. The standard InChI is InChI=1S/C12H20N2O2S/c1-9(5-6-15)13-12(16)14-10(2)8-11-4-3-7-17-11/h3-4,7,9-10,15H,5-6,8H2,1-2H3,(H2,13,14,16)/t9-,10?/m1/s1. The van der Waals surface area contributed by atoms with Gasteiger partial charge in [0, 0.05) is 30.0 Å². The molecule has 17 heavy (non-hydrogen) atoms. The number of nitrogens with one attached hydrogen (secondary N) is 2. The Kier molecular flexibility index (Phi) is 6.00. The second-order valence-electron chi connectivity index (χ2n) is 4.22. The van der Waals surface area contributed by atoms with Crippen molar-refractivity contribution < 1.29 is 9.90 Å². The normalized spacial score (nSPS) is 14.1. The van der Waals surface area contributed by atoms with Gasteiger partial charge in [-0.15, -0.1) is 11.3 Å². The van der Waals surface area contributed by atoms with Crippen LogP contribution in [0, 0.1) is 0 Å². The van der Waals surface area contributed by atoms with Crippen LogP contribution in [0.3, 0.4) is 0 Å². The van der Waals surface area contributed by atoms with Crippen molar-refractivity contribution in [1.29, 1.82) is 0 Å². The molecule has 1 unspecified atom stereocenters. The number of urea groups is 1. The molecular formula is C12H20N2O2S. The van der Waals surface area contributed by atoms with Crippen LogP contribution in [0.2, 0.25) is 0 Å². The van der Waals surface area contributed by atoms with E-state index in [-0.39, 0.29) is 24.7 Å². The molecule has 96 valence electrons. The minimum atomic E-state index is -0.171. The van der Waals surface area contributed by atoms with Crippen molar-refractivity contribution >= 4 is 17.4 Å². The molecule has 0 aliphatic rings. The number of carbonyl (C=O) groups excluding carboxylic acids is 1. The summed E-state index contributed by atoms with van der Waals surface area (Å²) in [6.45, 7) is 3.95. The van der Waals surface area contributed by atoms with Gasteiger partial charge in [0.1, 0.15) is 0 Å². The fraction of sp³-hybridized carbons (Fsp3) is 0.583. The van der Waals surface area contributed by atoms with Gasteiger partial charge in [0.15, 0.2) is 0 Å². The first kappa shape index (κ1) is 14.0. The Bertz CT molecular complexity index is 327. The minimum Gasteiger partial charge on any atom is -0.396 e. The first-order chi connectivity index (χ1) is 8.11. The summed E-state index contributed by atoms with van der Waals surface area (Å²) in [6, 6.07) is 4.00. The van der Waals surface area contributed by atoms with Gasteiger partial charge in [0.2, 0.25) is 0 Å². The summed E-state index contributed by atoms with van der Waals surface area (Å²) >= 11 is 1.70. The number of rotatable bonds is 6. The quantitative estimate of drug-likeness (QED) is 0.726. The number of carbonyl (C=O) groups is 1. The van der Waals surface area contributed by atoms with E-state index in [4.69, 9.17) is 5.11 Å². The van der Waals surface area contributed by atoms with E-state index in [1.165, 1.54) is 4.88 Å². The molecule has 0 fully saturated rings. The molecule has 0 aliphatic heterocycles. The van der Waals surface area contributed by atoms with Crippen LogP contribution in [0.1, 0.15) is 25.1 Å². The van der Waals surface area contributed by atoms with E-state index >= 15 is 0 Å². The molecule has 0 aliphatic carbocycles. The Balaban J connectivity index is 2.26. The van der Waals surface area contributed by atoms with Crippen LogP contribution in [0.4, 0.5) is 4.79 Å². The first-order valence-electron chi connectivity index (χ1n) is 5.82. The van der Waals surface area contributed by atoms with Gasteiger partial charge in [-0.2, -0.15) is 0 Å². The average molecular weight is 256 g/mol. The fourth-order valence-electron chi connectivity index (χ4n) is 1.54. The van der Waals surface area contributed by atoms with Crippen molar-refractivity contribution in [2.24, 2.45) is 0 Å². The monoisotopic (exact) mass is 256 g/mol. The second-order valence-corrected chi connectivity index (χ2v) is 5.25. The highest BCUT2D eigenvalue weighted by molar-refractivity contribution is 7.09. The number of aliphatic hydroxyl groups is 1. The summed E-state index contributed by atoms with van der Waals surface area (Å²) in [4.78, 5) is 12.8. The highest BCUT2D eigenvalue weighted by Gasteiger charge is 2.10. The summed E-state index contributed by atoms with van der Waals surface area (Å²) in [5.74, 6) is 0. The molecule has 0 saturated carbocycles. The van der Waals surface area contributed by atoms with Crippen LogP contribution in [-0.4, -0.2) is 29.8 Å². The van der Waals surface area contributed by atoms with Crippen LogP contribution in [-0.2, 0) is 6.42 Å². The molecule has 1 heterocycles. The summed E-state index contributed by atoms with van der Waals surface area (Å²) < 4.78 is 0. The lowest BCUT2D eigenvalue weighted by Gasteiger charge is -2.17. The fourth-order valence-corrected chi connectivity index (χ4v) is 2.37. The Morgan fingerprint density at radius 1 is 1.41 bits per heavy atom. The molecule has 0 aromatic carbocycles. The topological polar surface area (TPSA) is 61.4 Å². The van der Waals surface area contributed by atoms with Gasteiger partial charge in [0.25, 0.3) is 0 Å². The lowest BCUT2D eigenvalue weighted by Crippen LogP contribution is -2.45. The third-order valence-electron chi connectivity index (χ3n) is 2.40. The summed E-state index contributed by atoms with van der Waals surface area (Å²) in [6.07, 6.45) is 1.42. The molecular weight excluding hydrogens is 236 g/mol. The van der Waals surface area contributed by atoms with Crippen molar-refractivity contribution in [3.63, 3.8) is 0 Å². The van der Waals surface area contributed by atoms with E-state index in [2.05, 4.69) is 16.7 Å². The highest BCUT2D eigenvalue weighted by atomic mass is 32.1. The molecule has 0 saturated heterocycles. The molecule has 5 heteroatoms. The number of hydrogen-bond acceptors (Lipinski definition) is 3. The summed E-state index contributed by atoms with van der Waals surface area (Å²) in [7, 11) is 0. The van der Waals surface area contributed by atoms with Crippen LogP contribution in [0.15, 0.2) is 17.5 Å². The van der Waals surface area contributed by atoms with Crippen LogP contribution in [0.5, 0.6) is 0 Å². The number of thiophene rings is 1. The van der Waals surface area contributed by atoms with Gasteiger partial charge >= 0.3 is 6.03 Å². The molecule has 3 N–H and O–H groups in total. The molecule has 2 amide bonds. The van der Waals surface area contributed by atoms with Gasteiger partial charge in [-0.3, -0.25) is 0 Å². The second kappa shape index (κ2) is 7.29. The predicted molar refractivity (Wildman–Crippen MR) is 70.3 cm³/mol. The van der Waals surface area contributed by atoms with E-state index in [1.807, 2.05) is 25.3 Å². The molecule has 0 radical (unpaired) electrons. The van der Waals surface area contributed by atoms with E-state index < -0.39 is 0 Å². The number of amides is 2. The molecule has 2 atom stereocenters. The summed E-state index contributed by atoms with van der Waals surface area (Å²) in [5.41, 5.74) is 0. The molecule has 1 aromatic rings. The Labute approximate surface area is 106 Å². The van der Waals surface area contributed by atoms with Crippen LogP contribution >= 0.6 is 11.3 Å². The lowest BCUT2D eigenvalue weighted by atomic mass is 10.2. The van der Waals surface area contributed by atoms with E-state index in [0.29, 0.717) is 6.42 Å². The molecule has 1 aromatic heterocycles. The van der Waals surface area contributed by atoms with Gasteiger partial charge in [-0.25, -0.2) is 4.79 Å². The van der Waals surface area contributed by atoms with E-state index in [1.54, 1.807) is 11.3 Å². The third-order valence-corrected chi connectivity index (χ3v) is 3.30. The maximum absolute atomic E-state index is 11.6. The number of hydrogen-bond donors (Lipinski definition) is 3. The zero-order valence-electron chi connectivity index (χ0n) is 10.3. The number of aliphatic hydroxyl groups excluding tert-OH is 1. The van der Waals surface area contributed by atoms with Crippen molar-refractivity contribution in [2.45, 2.75) is 38.8 Å². The van der Waals surface area contributed by atoms with Gasteiger partial charge in [0.05, 0.1) is 0 Å². The maximum Gasteiger partial charge on any atom is 0.315 e. The van der Waals surface area contributed by atoms with Crippen LogP contribution in [0.25, 0.3) is 0 Å². The highest BCUT2D eigenvalue weighted by Crippen LogP contribution is 2.10. The third kappa shape index (κ3) is 5.70. The first-order valence-corrected chi connectivity index (χ1v) is 6.70. The average Bonchev–Trinajstić information content (AvgIpc) is 2.69.